The fourth-order valence-corrected chi connectivity index (χ4v) is 0.982. The smallest absolute Gasteiger partial charge is 0.384 e. The molecule has 0 radical (unpaired) electrons. The Labute approximate surface area is 92.0 Å². The third-order valence-corrected chi connectivity index (χ3v) is 1.81. The highest BCUT2D eigenvalue weighted by Gasteiger charge is 1.99. The molecule has 0 unspecified atom stereocenters. The van der Waals surface area contributed by atoms with Crippen LogP contribution in [0.5, 0.6) is 0 Å². The first-order chi connectivity index (χ1) is 7.13. The van der Waals surface area contributed by atoms with Gasteiger partial charge in [-0.2, -0.15) is 0 Å². The van der Waals surface area contributed by atoms with Gasteiger partial charge >= 0.3 is 5.97 Å². The van der Waals surface area contributed by atoms with Crippen LogP contribution in [-0.2, 0) is 9.53 Å². The summed E-state index contributed by atoms with van der Waals surface area (Å²) < 4.78 is 17.5. The van der Waals surface area contributed by atoms with E-state index in [1.807, 2.05) is 0 Å². The Morgan fingerprint density at radius 1 is 1.60 bits per heavy atom. The van der Waals surface area contributed by atoms with Gasteiger partial charge in [-0.25, -0.2) is 9.18 Å². The topological polar surface area (TPSA) is 26.3 Å². The van der Waals surface area contributed by atoms with E-state index in [0.29, 0.717) is 5.56 Å². The van der Waals surface area contributed by atoms with Crippen molar-refractivity contribution in [3.63, 3.8) is 0 Å². The molecule has 0 saturated carbocycles. The van der Waals surface area contributed by atoms with E-state index in [2.05, 4.69) is 16.6 Å². The van der Waals surface area contributed by atoms with Crippen molar-refractivity contribution >= 4 is 17.6 Å². The first-order valence-corrected chi connectivity index (χ1v) is 4.65. The Morgan fingerprint density at radius 3 is 2.93 bits per heavy atom. The number of halogens is 2. The lowest BCUT2D eigenvalue weighted by molar-refractivity contribution is -0.136. The number of carbonyl (C=O) groups excluding carboxylic acids is 1. The standard InChI is InChI=1S/C11H8ClFO2/c1-2-15-11(14)6-4-8-3-5-9(12)10(13)7-8/h3,5,7H,2H2,1H3. The average Bonchev–Trinajstić information content (AvgIpc) is 2.20. The van der Waals surface area contributed by atoms with Crippen LogP contribution in [-0.4, -0.2) is 12.6 Å². The number of esters is 1. The van der Waals surface area contributed by atoms with Gasteiger partial charge in [0.15, 0.2) is 0 Å². The molecule has 0 aliphatic carbocycles. The predicted molar refractivity (Wildman–Crippen MR) is 54.9 cm³/mol. The minimum atomic E-state index is -0.632. The van der Waals surface area contributed by atoms with E-state index in [0.717, 1.165) is 6.07 Å². The Balaban J connectivity index is 2.80. The van der Waals surface area contributed by atoms with Crippen LogP contribution in [0.4, 0.5) is 4.39 Å². The molecule has 0 bridgehead atoms. The van der Waals surface area contributed by atoms with Crippen LogP contribution in [0.1, 0.15) is 12.5 Å². The van der Waals surface area contributed by atoms with E-state index in [4.69, 9.17) is 11.6 Å². The van der Waals surface area contributed by atoms with Gasteiger partial charge in [0.05, 0.1) is 11.6 Å². The van der Waals surface area contributed by atoms with Crippen LogP contribution in [0.3, 0.4) is 0 Å². The van der Waals surface area contributed by atoms with Crippen molar-refractivity contribution < 1.29 is 13.9 Å². The zero-order valence-electron chi connectivity index (χ0n) is 8.01. The van der Waals surface area contributed by atoms with Crippen molar-refractivity contribution in [3.8, 4) is 11.8 Å². The number of hydrogen-bond acceptors (Lipinski definition) is 2. The third-order valence-electron chi connectivity index (χ3n) is 1.50. The molecule has 0 amide bonds. The maximum absolute atomic E-state index is 12.9. The summed E-state index contributed by atoms with van der Waals surface area (Å²) in [7, 11) is 0. The van der Waals surface area contributed by atoms with Crippen LogP contribution < -0.4 is 0 Å². The van der Waals surface area contributed by atoms with Gasteiger partial charge in [0.1, 0.15) is 5.82 Å². The van der Waals surface area contributed by atoms with Gasteiger partial charge in [-0.05, 0) is 25.1 Å². The highest BCUT2D eigenvalue weighted by molar-refractivity contribution is 6.30. The summed E-state index contributed by atoms with van der Waals surface area (Å²) in [5.41, 5.74) is 0.380. The van der Waals surface area contributed by atoms with Crippen molar-refractivity contribution in [2.24, 2.45) is 0 Å². The molecule has 78 valence electrons. The molecule has 1 aromatic rings. The van der Waals surface area contributed by atoms with Crippen LogP contribution in [0.15, 0.2) is 18.2 Å². The fourth-order valence-electron chi connectivity index (χ4n) is 0.864. The summed E-state index contributed by atoms with van der Waals surface area (Å²) in [6.07, 6.45) is 0. The highest BCUT2D eigenvalue weighted by Crippen LogP contribution is 2.14. The van der Waals surface area contributed by atoms with Gasteiger partial charge in [-0.3, -0.25) is 0 Å². The average molecular weight is 227 g/mol. The second-order valence-electron chi connectivity index (χ2n) is 2.60. The van der Waals surface area contributed by atoms with E-state index in [1.165, 1.54) is 12.1 Å². The summed E-state index contributed by atoms with van der Waals surface area (Å²) >= 11 is 5.48. The second kappa shape index (κ2) is 5.38. The second-order valence-corrected chi connectivity index (χ2v) is 3.01. The van der Waals surface area contributed by atoms with Gasteiger partial charge in [0.25, 0.3) is 0 Å². The van der Waals surface area contributed by atoms with E-state index >= 15 is 0 Å². The quantitative estimate of drug-likeness (QED) is 0.543. The molecule has 0 aliphatic heterocycles. The van der Waals surface area contributed by atoms with Gasteiger partial charge in [-0.1, -0.05) is 17.5 Å². The van der Waals surface area contributed by atoms with Gasteiger partial charge in [-0.15, -0.1) is 0 Å². The molecule has 0 fully saturated rings. The molecule has 4 heteroatoms. The van der Waals surface area contributed by atoms with Crippen molar-refractivity contribution in [1.29, 1.82) is 0 Å². The molecule has 0 aliphatic rings. The van der Waals surface area contributed by atoms with Gasteiger partial charge < -0.3 is 4.74 Å². The summed E-state index contributed by atoms with van der Waals surface area (Å²) in [5, 5.41) is 0.0247. The van der Waals surface area contributed by atoms with Crippen molar-refractivity contribution in [1.82, 2.24) is 0 Å². The lowest BCUT2D eigenvalue weighted by Gasteiger charge is -1.94. The fraction of sp³-hybridized carbons (Fsp3) is 0.182. The molecule has 0 heterocycles. The maximum Gasteiger partial charge on any atom is 0.384 e. The molecular formula is C11H8ClFO2. The normalized spacial score (nSPS) is 9.00. The molecule has 1 rings (SSSR count). The maximum atomic E-state index is 12.9. The van der Waals surface area contributed by atoms with Crippen LogP contribution >= 0.6 is 11.6 Å². The Kier molecular flexibility index (Phi) is 4.14. The Morgan fingerprint density at radius 2 is 2.33 bits per heavy atom. The number of carbonyl (C=O) groups is 1. The van der Waals surface area contributed by atoms with Crippen molar-refractivity contribution in [2.75, 3.05) is 6.61 Å². The first kappa shape index (κ1) is 11.5. The molecule has 2 nitrogen and oxygen atoms in total. The molecule has 0 atom stereocenters. The minimum absolute atomic E-state index is 0.0247. The molecule has 1 aromatic carbocycles. The minimum Gasteiger partial charge on any atom is -0.456 e. The van der Waals surface area contributed by atoms with Crippen molar-refractivity contribution in [2.45, 2.75) is 6.92 Å². The summed E-state index contributed by atoms with van der Waals surface area (Å²) in [4.78, 5) is 10.9. The molecule has 0 aromatic heterocycles. The Hall–Kier alpha value is -1.53. The summed E-state index contributed by atoms with van der Waals surface area (Å²) in [5.74, 6) is 3.51. The molecular weight excluding hydrogens is 219 g/mol. The summed E-state index contributed by atoms with van der Waals surface area (Å²) in [6, 6.07) is 4.07. The number of ether oxygens (including phenoxy) is 1. The number of benzene rings is 1. The van der Waals surface area contributed by atoms with Gasteiger partial charge in [0.2, 0.25) is 0 Å². The van der Waals surface area contributed by atoms with E-state index < -0.39 is 11.8 Å². The van der Waals surface area contributed by atoms with E-state index in [-0.39, 0.29) is 11.6 Å². The largest absolute Gasteiger partial charge is 0.456 e. The van der Waals surface area contributed by atoms with Crippen LogP contribution in [0, 0.1) is 17.7 Å². The first-order valence-electron chi connectivity index (χ1n) is 4.27. The van der Waals surface area contributed by atoms with Crippen LogP contribution in [0.25, 0.3) is 0 Å². The molecule has 0 N–H and O–H groups in total. The summed E-state index contributed by atoms with van der Waals surface area (Å²) in [6.45, 7) is 1.95. The molecule has 0 saturated heterocycles. The van der Waals surface area contributed by atoms with E-state index in [9.17, 15) is 9.18 Å². The lowest BCUT2D eigenvalue weighted by atomic mass is 10.2. The molecule has 15 heavy (non-hydrogen) atoms. The van der Waals surface area contributed by atoms with Crippen LogP contribution in [0.2, 0.25) is 5.02 Å². The SMILES string of the molecule is CCOC(=O)C#Cc1ccc(Cl)c(F)c1. The van der Waals surface area contributed by atoms with Crippen molar-refractivity contribution in [3.05, 3.63) is 34.6 Å². The zero-order valence-corrected chi connectivity index (χ0v) is 8.77. The molecule has 0 spiro atoms. The highest BCUT2D eigenvalue weighted by atomic mass is 35.5. The van der Waals surface area contributed by atoms with Gasteiger partial charge in [0, 0.05) is 11.5 Å². The lowest BCUT2D eigenvalue weighted by Crippen LogP contribution is -1.99. The Bertz CT molecular complexity index is 432. The third kappa shape index (κ3) is 3.61. The number of hydrogen-bond donors (Lipinski definition) is 0. The number of rotatable bonds is 1. The monoisotopic (exact) mass is 226 g/mol. The zero-order chi connectivity index (χ0) is 11.3. The van der Waals surface area contributed by atoms with E-state index in [1.54, 1.807) is 6.92 Å². The predicted octanol–water partition coefficient (Wildman–Crippen LogP) is 2.39.